The van der Waals surface area contributed by atoms with E-state index >= 15 is 0 Å². The van der Waals surface area contributed by atoms with E-state index in [0.29, 0.717) is 5.69 Å². The Hall–Kier alpha value is -1.97. The molecule has 1 aliphatic heterocycles. The summed E-state index contributed by atoms with van der Waals surface area (Å²) in [5.74, 6) is -1.05. The monoisotopic (exact) mass is 322 g/mol. The Morgan fingerprint density at radius 1 is 1.41 bits per heavy atom. The van der Waals surface area contributed by atoms with Crippen molar-refractivity contribution < 1.29 is 27.5 Å². The van der Waals surface area contributed by atoms with Crippen LogP contribution in [0.4, 0.5) is 17.6 Å². The Morgan fingerprint density at radius 2 is 2.05 bits per heavy atom. The highest BCUT2D eigenvalue weighted by Gasteiger charge is 2.54. The van der Waals surface area contributed by atoms with Gasteiger partial charge in [-0.3, -0.25) is 9.48 Å². The van der Waals surface area contributed by atoms with Gasteiger partial charge in [0.25, 0.3) is 18.8 Å². The highest BCUT2D eigenvalue weighted by Crippen LogP contribution is 2.34. The zero-order valence-electron chi connectivity index (χ0n) is 11.8. The number of halogens is 4. The second kappa shape index (κ2) is 5.67. The summed E-state index contributed by atoms with van der Waals surface area (Å²) >= 11 is 0. The van der Waals surface area contributed by atoms with Crippen LogP contribution in [0.3, 0.4) is 0 Å². The zero-order chi connectivity index (χ0) is 16.7. The van der Waals surface area contributed by atoms with Crippen LogP contribution in [0.5, 0.6) is 0 Å². The van der Waals surface area contributed by atoms with Gasteiger partial charge in [-0.1, -0.05) is 0 Å². The summed E-state index contributed by atoms with van der Waals surface area (Å²) in [5, 5.41) is 17.0. The van der Waals surface area contributed by atoms with Crippen LogP contribution >= 0.6 is 0 Å². The largest absolute Gasteiger partial charge is 0.364 e. The van der Waals surface area contributed by atoms with Gasteiger partial charge in [0.2, 0.25) is 5.72 Å². The summed E-state index contributed by atoms with van der Waals surface area (Å²) in [7, 11) is 0. The molecule has 1 aromatic heterocycles. The number of rotatable bonds is 4. The maximum Gasteiger partial charge on any atom is 0.287 e. The quantitative estimate of drug-likeness (QED) is 0.855. The molecule has 0 fully saturated rings. The van der Waals surface area contributed by atoms with Crippen LogP contribution in [0.15, 0.2) is 17.4 Å². The molecule has 10 heteroatoms. The lowest BCUT2D eigenvalue weighted by atomic mass is 10.1. The van der Waals surface area contributed by atoms with Crippen LogP contribution in [0.25, 0.3) is 0 Å². The van der Waals surface area contributed by atoms with Crippen LogP contribution in [-0.2, 0) is 4.79 Å². The Morgan fingerprint density at radius 3 is 2.50 bits per heavy atom. The molecule has 1 aromatic rings. The second-order valence-electron chi connectivity index (χ2n) is 4.99. The van der Waals surface area contributed by atoms with Gasteiger partial charge in [0.1, 0.15) is 11.8 Å². The van der Waals surface area contributed by atoms with E-state index in [1.54, 1.807) is 13.0 Å². The lowest BCUT2D eigenvalue weighted by Crippen LogP contribution is -2.53. The van der Waals surface area contributed by atoms with Crippen molar-refractivity contribution in [2.45, 2.75) is 44.9 Å². The van der Waals surface area contributed by atoms with Crippen LogP contribution in [-0.4, -0.2) is 50.1 Å². The number of hydrogen-bond acceptors (Lipinski definition) is 4. The van der Waals surface area contributed by atoms with Crippen molar-refractivity contribution >= 4 is 11.6 Å². The maximum atomic E-state index is 13.1. The predicted octanol–water partition coefficient (Wildman–Crippen LogP) is 1.56. The zero-order valence-corrected chi connectivity index (χ0v) is 11.8. The minimum absolute atomic E-state index is 0.0466. The number of aryl methyl sites for hydroxylation is 1. The van der Waals surface area contributed by atoms with Crippen molar-refractivity contribution in [1.82, 2.24) is 14.8 Å². The summed E-state index contributed by atoms with van der Waals surface area (Å²) in [4.78, 5) is 12.3. The average Bonchev–Trinajstić information content (AvgIpc) is 3.02. The number of aliphatic hydroxyl groups is 1. The Balaban J connectivity index is 2.35. The molecule has 6 nitrogen and oxygen atoms in total. The molecule has 1 aliphatic rings. The molecule has 1 amide bonds. The van der Waals surface area contributed by atoms with Gasteiger partial charge < -0.3 is 5.11 Å². The minimum atomic E-state index is -3.44. The van der Waals surface area contributed by atoms with Crippen LogP contribution < -0.4 is 0 Å². The molecule has 0 saturated heterocycles. The first-order chi connectivity index (χ1) is 10.2. The first-order valence-corrected chi connectivity index (χ1v) is 6.38. The highest BCUT2D eigenvalue weighted by atomic mass is 19.3. The van der Waals surface area contributed by atoms with E-state index < -0.39 is 42.7 Å². The van der Waals surface area contributed by atoms with Gasteiger partial charge in [0.15, 0.2) is 0 Å². The summed E-state index contributed by atoms with van der Waals surface area (Å²) < 4.78 is 52.7. The molecule has 2 heterocycles. The van der Waals surface area contributed by atoms with E-state index in [0.717, 1.165) is 0 Å². The van der Waals surface area contributed by atoms with Crippen LogP contribution in [0, 0.1) is 6.92 Å². The third-order valence-corrected chi connectivity index (χ3v) is 3.44. The van der Waals surface area contributed by atoms with Gasteiger partial charge in [-0.2, -0.15) is 15.2 Å². The van der Waals surface area contributed by atoms with E-state index in [9.17, 15) is 27.5 Å². The molecule has 2 atom stereocenters. The van der Waals surface area contributed by atoms with E-state index in [4.69, 9.17) is 0 Å². The minimum Gasteiger partial charge on any atom is -0.364 e. The number of aromatic nitrogens is 2. The smallest absolute Gasteiger partial charge is 0.287 e. The average molecular weight is 322 g/mol. The number of amides is 1. The number of carbonyl (C=O) groups is 1. The summed E-state index contributed by atoms with van der Waals surface area (Å²) in [6, 6.07) is 0.502. The molecular formula is C12H14F4N4O2. The Bertz CT molecular complexity index is 604. The molecule has 0 aromatic carbocycles. The van der Waals surface area contributed by atoms with Crippen LogP contribution in [0.1, 0.15) is 25.1 Å². The molecule has 0 spiro atoms. The van der Waals surface area contributed by atoms with E-state index in [2.05, 4.69) is 10.2 Å². The van der Waals surface area contributed by atoms with Gasteiger partial charge >= 0.3 is 0 Å². The number of carbonyl (C=O) groups excluding carboxylic acids is 1. The third kappa shape index (κ3) is 2.58. The molecule has 0 radical (unpaired) electrons. The van der Waals surface area contributed by atoms with Crippen molar-refractivity contribution in [2.75, 3.05) is 0 Å². The molecule has 122 valence electrons. The fourth-order valence-corrected chi connectivity index (χ4v) is 2.19. The number of nitrogens with zero attached hydrogens (tertiary/aromatic N) is 4. The van der Waals surface area contributed by atoms with Gasteiger partial charge in [-0.25, -0.2) is 17.6 Å². The summed E-state index contributed by atoms with van der Waals surface area (Å²) in [6.45, 7) is 2.98. The summed E-state index contributed by atoms with van der Waals surface area (Å²) in [6.07, 6.45) is -6.28. The van der Waals surface area contributed by atoms with Crippen molar-refractivity contribution in [1.29, 1.82) is 0 Å². The van der Waals surface area contributed by atoms with Gasteiger partial charge in [-0.05, 0) is 19.9 Å². The first-order valence-electron chi connectivity index (χ1n) is 6.38. The number of hydrogen-bond donors (Lipinski definition) is 1. The summed E-state index contributed by atoms with van der Waals surface area (Å²) in [5.41, 5.74) is -3.46. The molecule has 0 aliphatic carbocycles. The molecule has 1 N–H and O–H groups in total. The molecule has 0 unspecified atom stereocenters. The number of alkyl halides is 4. The second-order valence-corrected chi connectivity index (χ2v) is 4.99. The maximum absolute atomic E-state index is 13.1. The van der Waals surface area contributed by atoms with Gasteiger partial charge in [0.05, 0.1) is 0 Å². The van der Waals surface area contributed by atoms with Crippen molar-refractivity contribution in [3.8, 4) is 0 Å². The standard InChI is InChI=1S/C12H14F4N4O2/c1-6-3-4-17-19(6)7(2)10(21)20-12(22,11(15)16)5-8(18-20)9(13)14/h3-4,7,9,11,22H,5H2,1-2H3/t7-,12+/m1/s1. The fourth-order valence-electron chi connectivity index (χ4n) is 2.19. The van der Waals surface area contributed by atoms with E-state index in [1.165, 1.54) is 17.8 Å². The van der Waals surface area contributed by atoms with Crippen LogP contribution in [0.2, 0.25) is 0 Å². The molecule has 0 saturated carbocycles. The van der Waals surface area contributed by atoms with E-state index in [1.807, 2.05) is 0 Å². The molecule has 2 rings (SSSR count). The lowest BCUT2D eigenvalue weighted by molar-refractivity contribution is -0.194. The SMILES string of the molecule is Cc1ccnn1[C@H](C)C(=O)N1N=C(C(F)F)C[C@]1(O)C(F)F. The highest BCUT2D eigenvalue weighted by molar-refractivity contribution is 5.93. The molecule has 0 bridgehead atoms. The lowest BCUT2D eigenvalue weighted by Gasteiger charge is -2.31. The van der Waals surface area contributed by atoms with Crippen molar-refractivity contribution in [2.24, 2.45) is 5.10 Å². The number of hydrazone groups is 1. The normalized spacial score (nSPS) is 23.3. The van der Waals surface area contributed by atoms with E-state index in [-0.39, 0.29) is 5.01 Å². The first kappa shape index (κ1) is 16.4. The topological polar surface area (TPSA) is 70.7 Å². The molecule has 22 heavy (non-hydrogen) atoms. The Kier molecular flexibility index (Phi) is 4.23. The van der Waals surface area contributed by atoms with Crippen molar-refractivity contribution in [3.05, 3.63) is 18.0 Å². The van der Waals surface area contributed by atoms with Gasteiger partial charge in [0, 0.05) is 18.3 Å². The fraction of sp³-hybridized carbons (Fsp3) is 0.583. The third-order valence-electron chi connectivity index (χ3n) is 3.44. The predicted molar refractivity (Wildman–Crippen MR) is 67.5 cm³/mol. The van der Waals surface area contributed by atoms with Gasteiger partial charge in [-0.15, -0.1) is 0 Å². The Labute approximate surface area is 123 Å². The molecular weight excluding hydrogens is 308 g/mol. The van der Waals surface area contributed by atoms with Crippen molar-refractivity contribution in [3.63, 3.8) is 0 Å².